The number of piperidine rings is 1. The summed E-state index contributed by atoms with van der Waals surface area (Å²) in [6, 6.07) is -10.8. The summed E-state index contributed by atoms with van der Waals surface area (Å²) in [7, 11) is 8.70. The smallest absolute Gasteiger partial charge is 0.343 e. The quantitative estimate of drug-likeness (QED) is 0.210. The Labute approximate surface area is 588 Å². The number of amides is 12. The molecule has 558 valence electrons. The van der Waals surface area contributed by atoms with Crippen molar-refractivity contribution in [2.75, 3.05) is 75.0 Å². The van der Waals surface area contributed by atoms with E-state index in [1.807, 2.05) is 27.7 Å². The number of likely N-dealkylation sites (tertiary alicyclic amines) is 1. The first-order valence-corrected chi connectivity index (χ1v) is 37.1. The van der Waals surface area contributed by atoms with Crippen molar-refractivity contribution in [3.63, 3.8) is 0 Å². The van der Waals surface area contributed by atoms with Crippen LogP contribution in [0.5, 0.6) is 0 Å². The molecule has 12 amide bonds. The van der Waals surface area contributed by atoms with Crippen molar-refractivity contribution in [2.45, 2.75) is 268 Å². The predicted molar refractivity (Wildman–Crippen MR) is 365 cm³/mol. The van der Waals surface area contributed by atoms with E-state index in [-0.39, 0.29) is 95.1 Å². The Balaban J connectivity index is 1.28. The maximum Gasteiger partial charge on any atom is 0.393 e. The van der Waals surface area contributed by atoms with Gasteiger partial charge in [-0.25, -0.2) is 0 Å². The number of nitrogens with one attached hydrogen (secondary N) is 3. The van der Waals surface area contributed by atoms with Crippen LogP contribution in [0.25, 0.3) is 0 Å². The molecular formula is C71H114ClF3N12O12. The Morgan fingerprint density at radius 1 is 0.606 bits per heavy atom. The number of hydrogen-bond acceptors (Lipinski definition) is 12. The number of fused-ring (bicyclic) bond motifs is 2. The number of rotatable bonds is 11. The minimum absolute atomic E-state index is 0.00144. The maximum absolute atomic E-state index is 15.6. The van der Waals surface area contributed by atoms with Gasteiger partial charge in [-0.1, -0.05) is 80.1 Å². The number of carbonyl (C=O) groups is 12. The third-order valence-corrected chi connectivity index (χ3v) is 23.8. The van der Waals surface area contributed by atoms with Gasteiger partial charge in [0.1, 0.15) is 59.9 Å². The van der Waals surface area contributed by atoms with Crippen molar-refractivity contribution >= 4 is 82.5 Å². The second-order valence-corrected chi connectivity index (χ2v) is 31.0. The minimum Gasteiger partial charge on any atom is -0.343 e. The van der Waals surface area contributed by atoms with E-state index in [1.165, 1.54) is 88.4 Å². The van der Waals surface area contributed by atoms with Crippen LogP contribution in [-0.2, 0) is 57.5 Å². The molecular weight excluding hydrogens is 1310 g/mol. The van der Waals surface area contributed by atoms with Crippen molar-refractivity contribution in [3.8, 4) is 0 Å². The zero-order valence-corrected chi connectivity index (χ0v) is 61.7. The third kappa shape index (κ3) is 18.5. The van der Waals surface area contributed by atoms with Crippen LogP contribution in [0.1, 0.15) is 196 Å². The van der Waals surface area contributed by atoms with Crippen LogP contribution < -0.4 is 16.0 Å². The van der Waals surface area contributed by atoms with Crippen LogP contribution in [0.15, 0.2) is 0 Å². The zero-order valence-electron chi connectivity index (χ0n) is 61.0. The highest BCUT2D eigenvalue weighted by Crippen LogP contribution is 2.44. The van der Waals surface area contributed by atoms with E-state index in [0.717, 1.165) is 19.3 Å². The predicted octanol–water partition coefficient (Wildman–Crippen LogP) is 5.70. The van der Waals surface area contributed by atoms with Gasteiger partial charge in [-0.05, 0) is 139 Å². The highest BCUT2D eigenvalue weighted by atomic mass is 35.5. The lowest BCUT2D eigenvalue weighted by Gasteiger charge is -2.45. The van der Waals surface area contributed by atoms with Gasteiger partial charge in [0.25, 0.3) is 0 Å². The molecule has 3 unspecified atom stereocenters. The first-order valence-electron chi connectivity index (χ1n) is 36.7. The summed E-state index contributed by atoms with van der Waals surface area (Å²) < 4.78 is 42.0. The molecule has 3 aliphatic carbocycles. The molecule has 14 atom stereocenters. The molecule has 0 radical (unpaired) electrons. The number of halogens is 4. The Bertz CT molecular complexity index is 2930. The average Bonchev–Trinajstić information content (AvgIpc) is 1.71. The molecule has 0 aromatic carbocycles. The van der Waals surface area contributed by atoms with Crippen LogP contribution >= 0.6 is 11.6 Å². The fourth-order valence-electron chi connectivity index (χ4n) is 16.4. The molecule has 0 aromatic rings. The monoisotopic (exact) mass is 1420 g/mol. The van der Waals surface area contributed by atoms with Crippen molar-refractivity contribution in [1.82, 2.24) is 60.0 Å². The Morgan fingerprint density at radius 2 is 1.23 bits per heavy atom. The highest BCUT2D eigenvalue weighted by Gasteiger charge is 2.53. The fourth-order valence-corrected chi connectivity index (χ4v) is 16.9. The van der Waals surface area contributed by atoms with Crippen molar-refractivity contribution in [2.24, 2.45) is 35.5 Å². The standard InChI is InChI=1S/C71H114ClF3N12O12/c1-14-43(5)57-66(96)80(9)45(7)62(92)87-37-31-52(87)64(94)83(12)59(47-24-17-18-25-47)67(97)79(8)41-55(88)76-50(30-28-46-27-29-48(49(72)39-46)71(73,74)75)63(93)86-36-23-26-51(86)61(91)78-70(32-19-20-33-70)69(99)84(13)58(44(6)15-2)68(98)82(11)54(65(95)85-34-21-16-22-35-85)40-56(89)81(10)53(38-42(3)4)60(90)77-57/h42-54,57-59H,14-41H2,1-13H3,(H,76,88)(H,77,90)(H,78,91)/t43-,44-,45-,46?,48?,49?,50-,51-,52-,53-,54-,57-,58-,59-/m0/s1. The van der Waals surface area contributed by atoms with Crippen molar-refractivity contribution in [1.29, 1.82) is 0 Å². The van der Waals surface area contributed by atoms with E-state index in [1.54, 1.807) is 18.7 Å². The van der Waals surface area contributed by atoms with Crippen LogP contribution in [-0.4, -0.2) is 261 Å². The van der Waals surface area contributed by atoms with Gasteiger partial charge in [-0.3, -0.25) is 57.5 Å². The van der Waals surface area contributed by atoms with Gasteiger partial charge >= 0.3 is 6.18 Å². The molecule has 0 aromatic heterocycles. The normalized spacial score (nSPS) is 31.3. The summed E-state index contributed by atoms with van der Waals surface area (Å²) in [5, 5.41) is 7.62. The van der Waals surface area contributed by atoms with Gasteiger partial charge < -0.3 is 60.0 Å². The van der Waals surface area contributed by atoms with E-state index in [9.17, 15) is 41.9 Å². The lowest BCUT2D eigenvalue weighted by Crippen LogP contribution is -2.65. The van der Waals surface area contributed by atoms with Gasteiger partial charge in [0.2, 0.25) is 70.9 Å². The zero-order chi connectivity index (χ0) is 73.3. The third-order valence-electron chi connectivity index (χ3n) is 23.3. The number of carbonyl (C=O) groups excluding carboxylic acids is 12. The highest BCUT2D eigenvalue weighted by molar-refractivity contribution is 6.21. The van der Waals surface area contributed by atoms with Crippen LogP contribution in [0.2, 0.25) is 0 Å². The molecule has 7 aliphatic rings. The Morgan fingerprint density at radius 3 is 1.81 bits per heavy atom. The summed E-state index contributed by atoms with van der Waals surface area (Å²) in [6.07, 6.45) is 3.03. The molecule has 4 aliphatic heterocycles. The van der Waals surface area contributed by atoms with E-state index >= 15 is 28.8 Å². The molecule has 4 saturated heterocycles. The number of alkyl halides is 4. The lowest BCUT2D eigenvalue weighted by atomic mass is 9.78. The van der Waals surface area contributed by atoms with E-state index in [2.05, 4.69) is 16.0 Å². The van der Waals surface area contributed by atoms with Crippen molar-refractivity contribution in [3.05, 3.63) is 0 Å². The fraction of sp³-hybridized carbons (Fsp3) is 0.831. The van der Waals surface area contributed by atoms with Crippen molar-refractivity contribution < 1.29 is 70.7 Å². The first kappa shape index (κ1) is 80.0. The molecule has 3 N–H and O–H groups in total. The van der Waals surface area contributed by atoms with Gasteiger partial charge in [0, 0.05) is 73.8 Å². The first-order chi connectivity index (χ1) is 46.6. The van der Waals surface area contributed by atoms with Gasteiger partial charge in [-0.15, -0.1) is 11.6 Å². The topological polar surface area (TPSA) is 270 Å². The molecule has 3 saturated carbocycles. The Kier molecular flexibility index (Phi) is 28.0. The minimum atomic E-state index is -4.51. The van der Waals surface area contributed by atoms with Crippen LogP contribution in [0.3, 0.4) is 0 Å². The summed E-state index contributed by atoms with van der Waals surface area (Å²) in [5.74, 6) is -11.0. The van der Waals surface area contributed by atoms with E-state index in [0.29, 0.717) is 70.9 Å². The lowest BCUT2D eigenvalue weighted by molar-refractivity contribution is -0.182. The molecule has 99 heavy (non-hydrogen) atoms. The number of nitrogens with zero attached hydrogens (tertiary/aromatic N) is 9. The summed E-state index contributed by atoms with van der Waals surface area (Å²) in [4.78, 5) is 192. The maximum atomic E-state index is 15.6. The molecule has 7 fully saturated rings. The number of likely N-dealkylation sites (N-methyl/N-ethyl adjacent to an activating group) is 6. The second kappa shape index (κ2) is 34.6. The molecule has 4 heterocycles. The molecule has 7 rings (SSSR count). The van der Waals surface area contributed by atoms with Gasteiger partial charge in [0.15, 0.2) is 0 Å². The SMILES string of the molecule is CC[C@H](C)[C@@H]1NC(=O)[C@H](CC(C)C)N(C)C(=O)C[C@@H](C(=O)N2CCCCC2)N(C)C(=O)[C@H]([C@@H](C)CC)N(C)C(=O)C2(CCCC2)NC(=O)[C@@H]2CCCN2C(=O)[C@H](CCC2CCC(C(F)(F)F)C(Cl)C2)NC(=O)CN(C)C(=O)[C@H](C2CCCC2)N(C)C(=O)[C@@H]2CCN2C(=O)[C@H](C)N(C)C1=O. The summed E-state index contributed by atoms with van der Waals surface area (Å²) in [6.45, 7) is 12.9. The van der Waals surface area contributed by atoms with Gasteiger partial charge in [-0.2, -0.15) is 13.2 Å². The Hall–Kier alpha value is -6.28. The van der Waals surface area contributed by atoms with E-state index < -0.39 is 173 Å². The average molecular weight is 1420 g/mol. The largest absolute Gasteiger partial charge is 0.393 e. The summed E-state index contributed by atoms with van der Waals surface area (Å²) in [5.41, 5.74) is -1.56. The van der Waals surface area contributed by atoms with Gasteiger partial charge in [0.05, 0.1) is 18.9 Å². The molecule has 1 spiro atoms. The molecule has 28 heteroatoms. The van der Waals surface area contributed by atoms with E-state index in [4.69, 9.17) is 11.6 Å². The molecule has 24 nitrogen and oxygen atoms in total. The van der Waals surface area contributed by atoms with Crippen LogP contribution in [0.4, 0.5) is 13.2 Å². The van der Waals surface area contributed by atoms with Crippen LogP contribution in [0, 0.1) is 35.5 Å². The number of hydrogen-bond donors (Lipinski definition) is 3. The molecule has 0 bridgehead atoms. The second-order valence-electron chi connectivity index (χ2n) is 30.4. The summed E-state index contributed by atoms with van der Waals surface area (Å²) >= 11 is 6.40.